The molecule has 2 aromatic rings. The number of hydrogen-bond acceptors (Lipinski definition) is 5. The second-order valence-electron chi connectivity index (χ2n) is 7.46. The van der Waals surface area contributed by atoms with Gasteiger partial charge in [0.25, 0.3) is 5.56 Å². The van der Waals surface area contributed by atoms with Crippen LogP contribution in [0.3, 0.4) is 0 Å². The molecule has 28 heavy (non-hydrogen) atoms. The number of hydrogen-bond donors (Lipinski definition) is 1. The lowest BCUT2D eigenvalue weighted by atomic mass is 10.1. The zero-order chi connectivity index (χ0) is 20.8. The molecule has 1 heterocycles. The maximum Gasteiger partial charge on any atom is 0.330 e. The second kappa shape index (κ2) is 9.59. The molecule has 0 saturated carbocycles. The van der Waals surface area contributed by atoms with E-state index < -0.39 is 0 Å². The molecule has 154 valence electrons. The monoisotopic (exact) mass is 389 g/mol. The van der Waals surface area contributed by atoms with E-state index in [9.17, 15) is 9.59 Å². The van der Waals surface area contributed by atoms with Crippen molar-refractivity contribution in [2.75, 3.05) is 13.7 Å². The highest BCUT2D eigenvalue weighted by Gasteiger charge is 2.13. The van der Waals surface area contributed by atoms with Gasteiger partial charge < -0.3 is 19.4 Å². The number of nitrogens with zero attached hydrogens (tertiary/aromatic N) is 2. The number of benzene rings is 1. The summed E-state index contributed by atoms with van der Waals surface area (Å²) in [5.41, 5.74) is 0.945. The Morgan fingerprint density at radius 1 is 1.11 bits per heavy atom. The highest BCUT2D eigenvalue weighted by Crippen LogP contribution is 2.30. The van der Waals surface area contributed by atoms with Crippen molar-refractivity contribution in [1.82, 2.24) is 14.5 Å². The maximum absolute atomic E-state index is 12.3. The number of aromatic nitrogens is 2. The van der Waals surface area contributed by atoms with Gasteiger partial charge in [-0.25, -0.2) is 4.79 Å². The number of rotatable bonds is 9. The summed E-state index contributed by atoms with van der Waals surface area (Å²) in [5.74, 6) is 2.00. The average Bonchev–Trinajstić information content (AvgIpc) is 2.67. The molecule has 7 heteroatoms. The van der Waals surface area contributed by atoms with Crippen LogP contribution in [0, 0.1) is 5.92 Å². The van der Waals surface area contributed by atoms with Crippen LogP contribution < -0.4 is 26.0 Å². The average molecular weight is 389 g/mol. The first kappa shape index (κ1) is 21.8. The van der Waals surface area contributed by atoms with Gasteiger partial charge in [-0.3, -0.25) is 9.36 Å². The van der Waals surface area contributed by atoms with Gasteiger partial charge in [0.2, 0.25) is 0 Å². The van der Waals surface area contributed by atoms with E-state index in [2.05, 4.69) is 19.2 Å². The van der Waals surface area contributed by atoms with Crippen molar-refractivity contribution in [3.05, 3.63) is 56.4 Å². The molecule has 1 aromatic carbocycles. The summed E-state index contributed by atoms with van der Waals surface area (Å²) in [6.07, 6.45) is 2.56. The first-order valence-electron chi connectivity index (χ1n) is 9.54. The molecule has 0 radical (unpaired) electrons. The molecule has 0 bridgehead atoms. The normalized spacial score (nSPS) is 12.2. The Labute approximate surface area is 165 Å². The van der Waals surface area contributed by atoms with E-state index in [-0.39, 0.29) is 17.3 Å². The zero-order valence-electron chi connectivity index (χ0n) is 17.6. The molecule has 1 unspecified atom stereocenters. The lowest BCUT2D eigenvalue weighted by Gasteiger charge is -2.18. The SMILES string of the molecule is COc1cc(C(C)NCc2cn(C)c(=O)n(C)c2=O)ccc1OCCC(C)C. The summed E-state index contributed by atoms with van der Waals surface area (Å²) in [6, 6.07) is 5.84. The zero-order valence-corrected chi connectivity index (χ0v) is 17.6. The fourth-order valence-electron chi connectivity index (χ4n) is 2.86. The first-order chi connectivity index (χ1) is 13.2. The topological polar surface area (TPSA) is 74.5 Å². The second-order valence-corrected chi connectivity index (χ2v) is 7.46. The van der Waals surface area contributed by atoms with E-state index in [4.69, 9.17) is 9.47 Å². The van der Waals surface area contributed by atoms with Crippen LogP contribution >= 0.6 is 0 Å². The quantitative estimate of drug-likeness (QED) is 0.713. The molecule has 0 fully saturated rings. The molecule has 1 atom stereocenters. The molecule has 0 aliphatic heterocycles. The Balaban J connectivity index is 2.09. The minimum atomic E-state index is -0.334. The number of nitrogens with one attached hydrogen (secondary N) is 1. The molecule has 0 spiro atoms. The first-order valence-corrected chi connectivity index (χ1v) is 9.54. The van der Waals surface area contributed by atoms with Crippen LogP contribution in [0.1, 0.15) is 44.4 Å². The predicted molar refractivity (Wildman–Crippen MR) is 110 cm³/mol. The van der Waals surface area contributed by atoms with Crippen molar-refractivity contribution in [1.29, 1.82) is 0 Å². The van der Waals surface area contributed by atoms with Gasteiger partial charge in [0, 0.05) is 38.4 Å². The van der Waals surface area contributed by atoms with Crippen LogP contribution in [0.2, 0.25) is 0 Å². The Hall–Kier alpha value is -2.54. The van der Waals surface area contributed by atoms with Crippen molar-refractivity contribution in [2.45, 2.75) is 39.8 Å². The van der Waals surface area contributed by atoms with Crippen molar-refractivity contribution in [2.24, 2.45) is 20.0 Å². The minimum Gasteiger partial charge on any atom is -0.493 e. The van der Waals surface area contributed by atoms with Crippen LogP contribution in [0.15, 0.2) is 34.0 Å². The lowest BCUT2D eigenvalue weighted by Crippen LogP contribution is -2.39. The van der Waals surface area contributed by atoms with Gasteiger partial charge in [0.1, 0.15) is 0 Å². The number of methoxy groups -OCH3 is 1. The molecular formula is C21H31N3O4. The Bertz CT molecular complexity index is 915. The van der Waals surface area contributed by atoms with E-state index in [1.54, 1.807) is 20.4 Å². The molecule has 1 aromatic heterocycles. The number of ether oxygens (including phenoxy) is 2. The van der Waals surface area contributed by atoms with Crippen LogP contribution in [0.25, 0.3) is 0 Å². The third-order valence-electron chi connectivity index (χ3n) is 4.76. The van der Waals surface area contributed by atoms with Crippen LogP contribution in [-0.4, -0.2) is 22.9 Å². The van der Waals surface area contributed by atoms with Crippen LogP contribution in [0.5, 0.6) is 11.5 Å². The van der Waals surface area contributed by atoms with Crippen molar-refractivity contribution in [3.63, 3.8) is 0 Å². The van der Waals surface area contributed by atoms with Crippen LogP contribution in [0.4, 0.5) is 0 Å². The fourth-order valence-corrected chi connectivity index (χ4v) is 2.86. The Kier molecular flexibility index (Phi) is 7.45. The molecule has 1 N–H and O–H groups in total. The molecule has 2 rings (SSSR count). The van der Waals surface area contributed by atoms with Gasteiger partial charge >= 0.3 is 5.69 Å². The Morgan fingerprint density at radius 2 is 1.82 bits per heavy atom. The van der Waals surface area contributed by atoms with Gasteiger partial charge in [0.15, 0.2) is 11.5 Å². The standard InChI is InChI=1S/C21H31N3O4/c1-14(2)9-10-28-18-8-7-16(11-19(18)27-6)15(3)22-12-17-13-23(4)21(26)24(5)20(17)25/h7-8,11,13-15,22H,9-10,12H2,1-6H3. The minimum absolute atomic E-state index is 0.0134. The molecule has 0 aliphatic carbocycles. The van der Waals surface area contributed by atoms with E-state index in [1.807, 2.05) is 25.1 Å². The highest BCUT2D eigenvalue weighted by molar-refractivity contribution is 5.43. The number of aryl methyl sites for hydroxylation is 1. The molecular weight excluding hydrogens is 358 g/mol. The van der Waals surface area contributed by atoms with Gasteiger partial charge in [-0.2, -0.15) is 0 Å². The summed E-state index contributed by atoms with van der Waals surface area (Å²) >= 11 is 0. The summed E-state index contributed by atoms with van der Waals surface area (Å²) < 4.78 is 13.8. The third kappa shape index (κ3) is 5.25. The van der Waals surface area contributed by atoms with Crippen molar-refractivity contribution < 1.29 is 9.47 Å². The fraction of sp³-hybridized carbons (Fsp3) is 0.524. The summed E-state index contributed by atoms with van der Waals surface area (Å²) in [6.45, 7) is 7.35. The van der Waals surface area contributed by atoms with E-state index in [1.165, 1.54) is 11.6 Å². The van der Waals surface area contributed by atoms with Gasteiger partial charge in [-0.15, -0.1) is 0 Å². The molecule has 7 nitrogen and oxygen atoms in total. The van der Waals surface area contributed by atoms with Crippen LogP contribution in [-0.2, 0) is 20.6 Å². The highest BCUT2D eigenvalue weighted by atomic mass is 16.5. The van der Waals surface area contributed by atoms with E-state index in [0.29, 0.717) is 30.4 Å². The van der Waals surface area contributed by atoms with Crippen molar-refractivity contribution >= 4 is 0 Å². The predicted octanol–water partition coefficient (Wildman–Crippen LogP) is 2.37. The van der Waals surface area contributed by atoms with E-state index >= 15 is 0 Å². The molecule has 0 saturated heterocycles. The maximum atomic E-state index is 12.3. The molecule has 0 aliphatic rings. The molecule has 0 amide bonds. The van der Waals surface area contributed by atoms with Gasteiger partial charge in [0.05, 0.1) is 13.7 Å². The van der Waals surface area contributed by atoms with Gasteiger partial charge in [-0.1, -0.05) is 19.9 Å². The van der Waals surface area contributed by atoms with Gasteiger partial charge in [-0.05, 0) is 37.0 Å². The largest absolute Gasteiger partial charge is 0.493 e. The van der Waals surface area contributed by atoms with E-state index in [0.717, 1.165) is 22.3 Å². The summed E-state index contributed by atoms with van der Waals surface area (Å²) in [4.78, 5) is 24.1. The lowest BCUT2D eigenvalue weighted by molar-refractivity contribution is 0.272. The Morgan fingerprint density at radius 3 is 2.46 bits per heavy atom. The smallest absolute Gasteiger partial charge is 0.330 e. The summed E-state index contributed by atoms with van der Waals surface area (Å²) in [7, 11) is 4.75. The summed E-state index contributed by atoms with van der Waals surface area (Å²) in [5, 5.41) is 3.33. The third-order valence-corrected chi connectivity index (χ3v) is 4.76. The van der Waals surface area contributed by atoms with Crippen molar-refractivity contribution in [3.8, 4) is 11.5 Å².